The van der Waals surface area contributed by atoms with Crippen molar-refractivity contribution in [2.45, 2.75) is 51.4 Å². The van der Waals surface area contributed by atoms with E-state index >= 15 is 0 Å². The molecule has 1 aromatic heterocycles. The second kappa shape index (κ2) is 5.72. The number of nitrogens with zero attached hydrogens (tertiary/aromatic N) is 2. The summed E-state index contributed by atoms with van der Waals surface area (Å²) in [6.45, 7) is 4.20. The lowest BCUT2D eigenvalue weighted by Gasteiger charge is -2.31. The summed E-state index contributed by atoms with van der Waals surface area (Å²) in [7, 11) is 0. The Bertz CT molecular complexity index is 496. The second-order valence-electron chi connectivity index (χ2n) is 5.92. The summed E-state index contributed by atoms with van der Waals surface area (Å²) in [6.07, 6.45) is 6.73. The van der Waals surface area contributed by atoms with E-state index in [1.165, 1.54) is 24.1 Å². The monoisotopic (exact) mass is 294 g/mol. The Kier molecular flexibility index (Phi) is 3.96. The van der Waals surface area contributed by atoms with E-state index in [1.807, 2.05) is 0 Å². The Labute approximate surface area is 123 Å². The fourth-order valence-corrected chi connectivity index (χ4v) is 4.35. The van der Waals surface area contributed by atoms with Crippen molar-refractivity contribution >= 4 is 22.4 Å². The summed E-state index contributed by atoms with van der Waals surface area (Å²) in [6, 6.07) is 0. The highest BCUT2D eigenvalue weighted by atomic mass is 32.1. The molecule has 3 rings (SSSR count). The maximum atomic E-state index is 11.3. The molecule has 0 bridgehead atoms. The molecule has 2 aliphatic rings. The van der Waals surface area contributed by atoms with Crippen LogP contribution >= 0.6 is 11.3 Å². The average molecular weight is 294 g/mol. The molecule has 0 aliphatic heterocycles. The lowest BCUT2D eigenvalue weighted by Crippen LogP contribution is -2.32. The molecule has 0 spiro atoms. The van der Waals surface area contributed by atoms with E-state index in [2.05, 4.69) is 11.8 Å². The molecule has 2 aliphatic carbocycles. The number of carboxylic acids is 1. The maximum Gasteiger partial charge on any atom is 0.312 e. The van der Waals surface area contributed by atoms with Crippen molar-refractivity contribution in [2.24, 2.45) is 5.92 Å². The van der Waals surface area contributed by atoms with Gasteiger partial charge in [-0.3, -0.25) is 4.79 Å². The van der Waals surface area contributed by atoms with Gasteiger partial charge in [-0.25, -0.2) is 4.98 Å². The number of fused-ring (bicyclic) bond motifs is 1. The van der Waals surface area contributed by atoms with E-state index in [0.717, 1.165) is 49.1 Å². The summed E-state index contributed by atoms with van der Waals surface area (Å²) < 4.78 is 0. The zero-order valence-corrected chi connectivity index (χ0v) is 12.8. The van der Waals surface area contributed by atoms with E-state index in [1.54, 1.807) is 11.3 Å². The van der Waals surface area contributed by atoms with Crippen molar-refractivity contribution in [3.8, 4) is 0 Å². The van der Waals surface area contributed by atoms with Crippen molar-refractivity contribution in [1.29, 1.82) is 0 Å². The van der Waals surface area contributed by atoms with Crippen LogP contribution < -0.4 is 4.90 Å². The lowest BCUT2D eigenvalue weighted by molar-refractivity contribution is -0.139. The van der Waals surface area contributed by atoms with Crippen LogP contribution in [0, 0.1) is 5.92 Å². The van der Waals surface area contributed by atoms with E-state index in [0.29, 0.717) is 0 Å². The number of carboxylic acid groups (broad SMARTS) is 1. The first-order valence-electron chi connectivity index (χ1n) is 7.66. The summed E-state index contributed by atoms with van der Waals surface area (Å²) >= 11 is 1.72. The molecule has 1 unspecified atom stereocenters. The highest BCUT2D eigenvalue weighted by Crippen LogP contribution is 2.39. The van der Waals surface area contributed by atoms with Gasteiger partial charge in [-0.05, 0) is 44.9 Å². The first-order chi connectivity index (χ1) is 9.69. The Hall–Kier alpha value is -1.10. The molecule has 1 saturated carbocycles. The molecule has 1 atom stereocenters. The molecule has 110 valence electrons. The minimum atomic E-state index is -0.718. The van der Waals surface area contributed by atoms with Gasteiger partial charge in [0, 0.05) is 18.0 Å². The van der Waals surface area contributed by atoms with Gasteiger partial charge in [0.15, 0.2) is 5.13 Å². The summed E-state index contributed by atoms with van der Waals surface area (Å²) in [5.41, 5.74) is 0.843. The molecule has 20 heavy (non-hydrogen) atoms. The number of aliphatic carboxylic acids is 1. The molecule has 1 N–H and O–H groups in total. The van der Waals surface area contributed by atoms with Crippen LogP contribution in [-0.2, 0) is 11.2 Å². The molecular weight excluding hydrogens is 272 g/mol. The standard InChI is InChI=1S/C15H22N2O2S/c1-2-17(9-10-5-3-6-10)15-16-13-11(14(18)19)7-4-8-12(13)20-15/h10-11H,2-9H2,1H3,(H,18,19). The number of rotatable bonds is 5. The number of aryl methyl sites for hydroxylation is 1. The summed E-state index contributed by atoms with van der Waals surface area (Å²) in [5, 5.41) is 10.4. The third kappa shape index (κ3) is 2.55. The second-order valence-corrected chi connectivity index (χ2v) is 6.99. The molecule has 0 radical (unpaired) electrons. The first-order valence-corrected chi connectivity index (χ1v) is 8.48. The van der Waals surface area contributed by atoms with Crippen molar-refractivity contribution in [2.75, 3.05) is 18.0 Å². The van der Waals surface area contributed by atoms with E-state index < -0.39 is 5.97 Å². The molecule has 0 saturated heterocycles. The normalized spacial score (nSPS) is 22.1. The lowest BCUT2D eigenvalue weighted by atomic mass is 9.85. The minimum Gasteiger partial charge on any atom is -0.481 e. The van der Waals surface area contributed by atoms with Crippen LogP contribution in [0.3, 0.4) is 0 Å². The predicted octanol–water partition coefficient (Wildman–Crippen LogP) is 3.27. The number of hydrogen-bond acceptors (Lipinski definition) is 4. The van der Waals surface area contributed by atoms with Crippen LogP contribution in [0.5, 0.6) is 0 Å². The van der Waals surface area contributed by atoms with Gasteiger partial charge in [-0.2, -0.15) is 0 Å². The van der Waals surface area contributed by atoms with Gasteiger partial charge in [0.25, 0.3) is 0 Å². The van der Waals surface area contributed by atoms with Gasteiger partial charge in [-0.15, -0.1) is 11.3 Å². The van der Waals surface area contributed by atoms with E-state index in [-0.39, 0.29) is 5.92 Å². The molecule has 4 nitrogen and oxygen atoms in total. The topological polar surface area (TPSA) is 53.4 Å². The number of carbonyl (C=O) groups is 1. The van der Waals surface area contributed by atoms with E-state index in [9.17, 15) is 9.90 Å². The van der Waals surface area contributed by atoms with Crippen molar-refractivity contribution in [3.05, 3.63) is 10.6 Å². The van der Waals surface area contributed by atoms with Crippen molar-refractivity contribution in [3.63, 3.8) is 0 Å². The van der Waals surface area contributed by atoms with Crippen LogP contribution in [0.2, 0.25) is 0 Å². The third-order valence-corrected chi connectivity index (χ3v) is 5.79. The van der Waals surface area contributed by atoms with Crippen LogP contribution in [0.4, 0.5) is 5.13 Å². The first kappa shape index (κ1) is 13.9. The summed E-state index contributed by atoms with van der Waals surface area (Å²) in [5.74, 6) is -0.290. The molecular formula is C15H22N2O2S. The number of hydrogen-bond donors (Lipinski definition) is 1. The van der Waals surface area contributed by atoms with Crippen LogP contribution in [0.15, 0.2) is 0 Å². The highest BCUT2D eigenvalue weighted by Gasteiger charge is 2.31. The van der Waals surface area contributed by atoms with Gasteiger partial charge in [-0.1, -0.05) is 6.42 Å². The Balaban J connectivity index is 1.81. The number of thiazole rings is 1. The molecule has 5 heteroatoms. The molecule has 0 aromatic carbocycles. The summed E-state index contributed by atoms with van der Waals surface area (Å²) in [4.78, 5) is 19.6. The SMILES string of the molecule is CCN(CC1CCC1)c1nc2c(s1)CCCC2C(=O)O. The zero-order chi connectivity index (χ0) is 14.1. The maximum absolute atomic E-state index is 11.3. The fraction of sp³-hybridized carbons (Fsp3) is 0.733. The van der Waals surface area contributed by atoms with Gasteiger partial charge in [0.05, 0.1) is 5.69 Å². The van der Waals surface area contributed by atoms with Gasteiger partial charge in [0.2, 0.25) is 0 Å². The van der Waals surface area contributed by atoms with Gasteiger partial charge < -0.3 is 10.0 Å². The van der Waals surface area contributed by atoms with Crippen molar-refractivity contribution < 1.29 is 9.90 Å². The van der Waals surface area contributed by atoms with Crippen LogP contribution in [0.25, 0.3) is 0 Å². The Morgan fingerprint density at radius 1 is 1.40 bits per heavy atom. The quantitative estimate of drug-likeness (QED) is 0.905. The Morgan fingerprint density at radius 2 is 2.20 bits per heavy atom. The molecule has 1 heterocycles. The smallest absolute Gasteiger partial charge is 0.312 e. The fourth-order valence-electron chi connectivity index (χ4n) is 3.11. The minimum absolute atomic E-state index is 0.383. The highest BCUT2D eigenvalue weighted by molar-refractivity contribution is 7.15. The number of aromatic nitrogens is 1. The molecule has 1 aromatic rings. The predicted molar refractivity (Wildman–Crippen MR) is 80.7 cm³/mol. The molecule has 0 amide bonds. The zero-order valence-electron chi connectivity index (χ0n) is 12.0. The van der Waals surface area contributed by atoms with Crippen LogP contribution in [0.1, 0.15) is 55.5 Å². The average Bonchev–Trinajstić information content (AvgIpc) is 2.80. The van der Waals surface area contributed by atoms with E-state index in [4.69, 9.17) is 4.98 Å². The molecule has 1 fully saturated rings. The van der Waals surface area contributed by atoms with Crippen molar-refractivity contribution in [1.82, 2.24) is 4.98 Å². The van der Waals surface area contributed by atoms with Gasteiger partial charge in [0.1, 0.15) is 5.92 Å². The largest absolute Gasteiger partial charge is 0.481 e. The Morgan fingerprint density at radius 3 is 2.80 bits per heavy atom. The van der Waals surface area contributed by atoms with Gasteiger partial charge >= 0.3 is 5.97 Å². The third-order valence-electron chi connectivity index (χ3n) is 4.60. The number of anilines is 1. The van der Waals surface area contributed by atoms with Crippen LogP contribution in [-0.4, -0.2) is 29.1 Å².